The van der Waals surface area contributed by atoms with Gasteiger partial charge in [-0.1, -0.05) is 30.3 Å². The molecule has 1 atom stereocenters. The lowest BCUT2D eigenvalue weighted by atomic mass is 10.1. The Hall–Kier alpha value is -2.66. The first-order valence-corrected chi connectivity index (χ1v) is 8.79. The fourth-order valence-corrected chi connectivity index (χ4v) is 2.93. The SMILES string of the molecule is CC(NC(=O)C=Cc1ccccc1F)c1cccc(N2CCOCC2)c1. The molecule has 1 aliphatic rings. The van der Waals surface area contributed by atoms with Gasteiger partial charge in [0, 0.05) is 30.4 Å². The van der Waals surface area contributed by atoms with Gasteiger partial charge in [-0.3, -0.25) is 4.79 Å². The Labute approximate surface area is 153 Å². The Balaban J connectivity index is 1.63. The molecule has 1 amide bonds. The average molecular weight is 354 g/mol. The predicted octanol–water partition coefficient (Wildman–Crippen LogP) is 3.55. The Morgan fingerprint density at radius 1 is 1.19 bits per heavy atom. The molecule has 1 unspecified atom stereocenters. The number of rotatable bonds is 5. The van der Waals surface area contributed by atoms with Gasteiger partial charge in [-0.05, 0) is 36.8 Å². The van der Waals surface area contributed by atoms with E-state index in [-0.39, 0.29) is 17.8 Å². The summed E-state index contributed by atoms with van der Waals surface area (Å²) in [7, 11) is 0. The minimum Gasteiger partial charge on any atom is -0.378 e. The number of morpholine rings is 1. The molecular formula is C21H23FN2O2. The van der Waals surface area contributed by atoms with Crippen molar-refractivity contribution in [3.05, 3.63) is 71.6 Å². The van der Waals surface area contributed by atoms with Crippen molar-refractivity contribution in [3.8, 4) is 0 Å². The maximum Gasteiger partial charge on any atom is 0.244 e. The standard InChI is InChI=1S/C21H23FN2O2/c1-16(23-21(25)10-9-17-5-2-3-8-20(17)22)18-6-4-7-19(15-18)24-11-13-26-14-12-24/h2-10,15-16H,11-14H2,1H3,(H,23,25). The van der Waals surface area contributed by atoms with Crippen molar-refractivity contribution in [1.82, 2.24) is 5.32 Å². The second kappa shape index (κ2) is 8.63. The molecule has 3 rings (SSSR count). The van der Waals surface area contributed by atoms with Gasteiger partial charge >= 0.3 is 0 Å². The lowest BCUT2D eigenvalue weighted by Crippen LogP contribution is -2.36. The van der Waals surface area contributed by atoms with Crippen LogP contribution >= 0.6 is 0 Å². The zero-order valence-corrected chi connectivity index (χ0v) is 14.8. The number of carbonyl (C=O) groups is 1. The third-order valence-corrected chi connectivity index (χ3v) is 4.42. The summed E-state index contributed by atoms with van der Waals surface area (Å²) in [5, 5.41) is 2.92. The fourth-order valence-electron chi connectivity index (χ4n) is 2.93. The molecule has 0 bridgehead atoms. The first-order chi connectivity index (χ1) is 12.6. The van der Waals surface area contributed by atoms with Crippen molar-refractivity contribution in [2.24, 2.45) is 0 Å². The van der Waals surface area contributed by atoms with Gasteiger partial charge < -0.3 is 15.0 Å². The van der Waals surface area contributed by atoms with E-state index in [4.69, 9.17) is 4.74 Å². The third-order valence-electron chi connectivity index (χ3n) is 4.42. The van der Waals surface area contributed by atoms with Gasteiger partial charge in [0.05, 0.1) is 19.3 Å². The van der Waals surface area contributed by atoms with Gasteiger partial charge in [0.15, 0.2) is 0 Å². The normalized spacial score (nSPS) is 15.8. The van der Waals surface area contributed by atoms with Crippen molar-refractivity contribution < 1.29 is 13.9 Å². The molecule has 5 heteroatoms. The van der Waals surface area contributed by atoms with Gasteiger partial charge in [-0.15, -0.1) is 0 Å². The van der Waals surface area contributed by atoms with Gasteiger partial charge in [-0.2, -0.15) is 0 Å². The summed E-state index contributed by atoms with van der Waals surface area (Å²) in [6.07, 6.45) is 2.85. The quantitative estimate of drug-likeness (QED) is 0.835. The number of hydrogen-bond donors (Lipinski definition) is 1. The molecule has 1 saturated heterocycles. The molecule has 4 nitrogen and oxygen atoms in total. The molecule has 0 aliphatic carbocycles. The van der Waals surface area contributed by atoms with Crippen LogP contribution in [0.5, 0.6) is 0 Å². The molecule has 1 fully saturated rings. The topological polar surface area (TPSA) is 41.6 Å². The van der Waals surface area contributed by atoms with E-state index in [9.17, 15) is 9.18 Å². The largest absolute Gasteiger partial charge is 0.378 e. The minimum atomic E-state index is -0.345. The lowest BCUT2D eigenvalue weighted by Gasteiger charge is -2.29. The van der Waals surface area contributed by atoms with Crippen molar-refractivity contribution in [3.63, 3.8) is 0 Å². The molecule has 2 aromatic carbocycles. The highest BCUT2D eigenvalue weighted by molar-refractivity contribution is 5.92. The molecule has 0 aromatic heterocycles. The van der Waals surface area contributed by atoms with Crippen molar-refractivity contribution >= 4 is 17.7 Å². The van der Waals surface area contributed by atoms with Gasteiger partial charge in [-0.25, -0.2) is 4.39 Å². The highest BCUT2D eigenvalue weighted by Crippen LogP contribution is 2.21. The van der Waals surface area contributed by atoms with E-state index in [1.165, 1.54) is 18.2 Å². The highest BCUT2D eigenvalue weighted by atomic mass is 19.1. The Bertz CT molecular complexity index is 785. The molecule has 1 heterocycles. The van der Waals surface area contributed by atoms with E-state index in [1.54, 1.807) is 18.2 Å². The van der Waals surface area contributed by atoms with E-state index in [2.05, 4.69) is 22.3 Å². The lowest BCUT2D eigenvalue weighted by molar-refractivity contribution is -0.117. The van der Waals surface area contributed by atoms with E-state index < -0.39 is 0 Å². The summed E-state index contributed by atoms with van der Waals surface area (Å²) in [4.78, 5) is 14.4. The van der Waals surface area contributed by atoms with E-state index in [1.807, 2.05) is 19.1 Å². The summed E-state index contributed by atoms with van der Waals surface area (Å²) in [6.45, 7) is 5.15. The van der Waals surface area contributed by atoms with Crippen LogP contribution in [0.3, 0.4) is 0 Å². The molecule has 0 saturated carbocycles. The molecule has 0 radical (unpaired) electrons. The Morgan fingerprint density at radius 3 is 2.73 bits per heavy atom. The third kappa shape index (κ3) is 4.70. The number of ether oxygens (including phenoxy) is 1. The van der Waals surface area contributed by atoms with Crippen LogP contribution in [0.15, 0.2) is 54.6 Å². The average Bonchev–Trinajstić information content (AvgIpc) is 2.68. The van der Waals surface area contributed by atoms with Crippen LogP contribution in [-0.2, 0) is 9.53 Å². The smallest absolute Gasteiger partial charge is 0.244 e. The van der Waals surface area contributed by atoms with Crippen LogP contribution in [0.2, 0.25) is 0 Å². The summed E-state index contributed by atoms with van der Waals surface area (Å²) >= 11 is 0. The number of nitrogens with zero attached hydrogens (tertiary/aromatic N) is 1. The second-order valence-corrected chi connectivity index (χ2v) is 6.28. The van der Waals surface area contributed by atoms with Crippen LogP contribution < -0.4 is 10.2 Å². The summed E-state index contributed by atoms with van der Waals surface area (Å²) in [6, 6.07) is 14.4. The number of carbonyl (C=O) groups excluding carboxylic acids is 1. The molecular weight excluding hydrogens is 331 g/mol. The molecule has 26 heavy (non-hydrogen) atoms. The number of hydrogen-bond acceptors (Lipinski definition) is 3. The zero-order chi connectivity index (χ0) is 18.4. The zero-order valence-electron chi connectivity index (χ0n) is 14.8. The molecule has 136 valence electrons. The van der Waals surface area contributed by atoms with E-state index in [0.717, 1.165) is 37.6 Å². The van der Waals surface area contributed by atoms with Crippen molar-refractivity contribution in [2.75, 3.05) is 31.2 Å². The summed E-state index contributed by atoms with van der Waals surface area (Å²) in [5.74, 6) is -0.597. The fraction of sp³-hybridized carbons (Fsp3) is 0.286. The summed E-state index contributed by atoms with van der Waals surface area (Å²) < 4.78 is 19.0. The van der Waals surface area contributed by atoms with Gasteiger partial charge in [0.1, 0.15) is 5.82 Å². The number of amides is 1. The van der Waals surface area contributed by atoms with Crippen LogP contribution in [0.1, 0.15) is 24.1 Å². The Kier molecular flexibility index (Phi) is 6.02. The first-order valence-electron chi connectivity index (χ1n) is 8.79. The van der Waals surface area contributed by atoms with Crippen molar-refractivity contribution in [1.29, 1.82) is 0 Å². The number of nitrogens with one attached hydrogen (secondary N) is 1. The minimum absolute atomic E-state index is 0.145. The van der Waals surface area contributed by atoms with E-state index >= 15 is 0 Å². The van der Waals surface area contributed by atoms with Gasteiger partial charge in [0.25, 0.3) is 0 Å². The molecule has 1 N–H and O–H groups in total. The van der Waals surface area contributed by atoms with Crippen LogP contribution in [0, 0.1) is 5.82 Å². The van der Waals surface area contributed by atoms with Crippen molar-refractivity contribution in [2.45, 2.75) is 13.0 Å². The second-order valence-electron chi connectivity index (χ2n) is 6.28. The Morgan fingerprint density at radius 2 is 1.96 bits per heavy atom. The summed E-state index contributed by atoms with van der Waals surface area (Å²) in [5.41, 5.74) is 2.56. The first kappa shape index (κ1) is 18.1. The maximum absolute atomic E-state index is 13.6. The maximum atomic E-state index is 13.6. The highest BCUT2D eigenvalue weighted by Gasteiger charge is 2.13. The number of halogens is 1. The molecule has 1 aliphatic heterocycles. The molecule has 2 aromatic rings. The predicted molar refractivity (Wildman–Crippen MR) is 101 cm³/mol. The van der Waals surface area contributed by atoms with Crippen LogP contribution in [0.4, 0.5) is 10.1 Å². The number of anilines is 1. The van der Waals surface area contributed by atoms with E-state index in [0.29, 0.717) is 5.56 Å². The van der Waals surface area contributed by atoms with Crippen LogP contribution in [-0.4, -0.2) is 32.2 Å². The van der Waals surface area contributed by atoms with Gasteiger partial charge in [0.2, 0.25) is 5.91 Å². The molecule has 0 spiro atoms. The van der Waals surface area contributed by atoms with Crippen LogP contribution in [0.25, 0.3) is 6.08 Å². The number of benzene rings is 2. The monoisotopic (exact) mass is 354 g/mol.